The minimum atomic E-state index is -0.532. The van der Waals surface area contributed by atoms with Crippen molar-refractivity contribution in [3.05, 3.63) is 34.3 Å². The van der Waals surface area contributed by atoms with Gasteiger partial charge in [-0.25, -0.2) is 4.79 Å². The highest BCUT2D eigenvalue weighted by molar-refractivity contribution is 9.10. The van der Waals surface area contributed by atoms with Crippen molar-refractivity contribution >= 4 is 27.7 Å². The van der Waals surface area contributed by atoms with Gasteiger partial charge in [0.05, 0.1) is 0 Å². The molecule has 0 aliphatic carbocycles. The molecule has 1 aromatic rings. The van der Waals surface area contributed by atoms with Gasteiger partial charge in [-0.15, -0.1) is 0 Å². The number of nitrogens with zero attached hydrogens (tertiary/aromatic N) is 1. The summed E-state index contributed by atoms with van der Waals surface area (Å²) in [7, 11) is 0. The number of carbonyl (C=O) groups excluding carboxylic acids is 1. The standard InChI is InChI=1S/C14H18BrNO2/c1-10(16-13(17)18-14(2,3)4)8-11-6-5-7-12(15)9-11/h5-7,9H,8H2,1-4H3/b16-10-. The van der Waals surface area contributed by atoms with Gasteiger partial charge in [-0.05, 0) is 45.4 Å². The van der Waals surface area contributed by atoms with Gasteiger partial charge in [0, 0.05) is 16.6 Å². The molecule has 18 heavy (non-hydrogen) atoms. The number of aliphatic imine (C=N–C) groups is 1. The summed E-state index contributed by atoms with van der Waals surface area (Å²) < 4.78 is 6.15. The summed E-state index contributed by atoms with van der Waals surface area (Å²) >= 11 is 3.41. The molecule has 0 bridgehead atoms. The molecule has 0 fully saturated rings. The van der Waals surface area contributed by atoms with Crippen LogP contribution >= 0.6 is 15.9 Å². The van der Waals surface area contributed by atoms with E-state index in [1.807, 2.05) is 52.0 Å². The Bertz CT molecular complexity index is 461. The molecule has 0 atom stereocenters. The maximum atomic E-state index is 11.5. The van der Waals surface area contributed by atoms with Crippen LogP contribution in [0.25, 0.3) is 0 Å². The molecule has 0 spiro atoms. The van der Waals surface area contributed by atoms with Crippen LogP contribution in [0.5, 0.6) is 0 Å². The van der Waals surface area contributed by atoms with Crippen LogP contribution in [0, 0.1) is 0 Å². The predicted octanol–water partition coefficient (Wildman–Crippen LogP) is 4.39. The Labute approximate surface area is 116 Å². The van der Waals surface area contributed by atoms with E-state index in [9.17, 15) is 4.79 Å². The number of hydrogen-bond acceptors (Lipinski definition) is 2. The van der Waals surface area contributed by atoms with E-state index in [2.05, 4.69) is 20.9 Å². The van der Waals surface area contributed by atoms with Crippen molar-refractivity contribution in [2.75, 3.05) is 0 Å². The molecule has 0 saturated carbocycles. The molecule has 0 aliphatic rings. The largest absolute Gasteiger partial charge is 0.442 e. The molecule has 0 unspecified atom stereocenters. The van der Waals surface area contributed by atoms with Crippen LogP contribution in [0.2, 0.25) is 0 Å². The van der Waals surface area contributed by atoms with Gasteiger partial charge < -0.3 is 4.74 Å². The summed E-state index contributed by atoms with van der Waals surface area (Å²) in [6.07, 6.45) is 0.105. The maximum Gasteiger partial charge on any atom is 0.434 e. The molecule has 0 heterocycles. The molecule has 0 aromatic heterocycles. The third-order valence-electron chi connectivity index (χ3n) is 2.02. The third-order valence-corrected chi connectivity index (χ3v) is 2.52. The lowest BCUT2D eigenvalue weighted by atomic mass is 10.1. The van der Waals surface area contributed by atoms with Crippen LogP contribution < -0.4 is 0 Å². The van der Waals surface area contributed by atoms with E-state index in [1.165, 1.54) is 0 Å². The highest BCUT2D eigenvalue weighted by Gasteiger charge is 2.15. The first-order chi connectivity index (χ1) is 8.26. The van der Waals surface area contributed by atoms with Crippen molar-refractivity contribution in [3.8, 4) is 0 Å². The van der Waals surface area contributed by atoms with Gasteiger partial charge in [-0.3, -0.25) is 0 Å². The first-order valence-electron chi connectivity index (χ1n) is 5.78. The van der Waals surface area contributed by atoms with E-state index in [0.29, 0.717) is 6.42 Å². The monoisotopic (exact) mass is 311 g/mol. The van der Waals surface area contributed by atoms with Gasteiger partial charge in [0.25, 0.3) is 0 Å². The number of carbonyl (C=O) groups is 1. The average Bonchev–Trinajstić information content (AvgIpc) is 2.13. The summed E-state index contributed by atoms with van der Waals surface area (Å²) in [5.74, 6) is 0. The number of amides is 1. The second kappa shape index (κ2) is 6.14. The fraction of sp³-hybridized carbons (Fsp3) is 0.429. The van der Waals surface area contributed by atoms with E-state index in [1.54, 1.807) is 0 Å². The van der Waals surface area contributed by atoms with Crippen molar-refractivity contribution in [2.45, 2.75) is 39.7 Å². The minimum absolute atomic E-state index is 0.503. The first kappa shape index (κ1) is 14.9. The molecular formula is C14H18BrNO2. The molecule has 4 heteroatoms. The second-order valence-electron chi connectivity index (χ2n) is 5.13. The van der Waals surface area contributed by atoms with Gasteiger partial charge in [0.15, 0.2) is 0 Å². The Morgan fingerprint density at radius 2 is 2.06 bits per heavy atom. The molecule has 1 aromatic carbocycles. The van der Waals surface area contributed by atoms with Gasteiger partial charge >= 0.3 is 6.09 Å². The first-order valence-corrected chi connectivity index (χ1v) is 6.57. The Morgan fingerprint density at radius 1 is 1.39 bits per heavy atom. The van der Waals surface area contributed by atoms with Gasteiger partial charge in [-0.1, -0.05) is 28.1 Å². The smallest absolute Gasteiger partial charge is 0.434 e. The second-order valence-corrected chi connectivity index (χ2v) is 6.05. The van der Waals surface area contributed by atoms with E-state index in [-0.39, 0.29) is 0 Å². The van der Waals surface area contributed by atoms with Crippen molar-refractivity contribution in [2.24, 2.45) is 4.99 Å². The summed E-state index contributed by atoms with van der Waals surface area (Å²) in [6.45, 7) is 7.29. The highest BCUT2D eigenvalue weighted by atomic mass is 79.9. The molecule has 1 rings (SSSR count). The third kappa shape index (κ3) is 5.96. The van der Waals surface area contributed by atoms with Crippen LogP contribution in [0.15, 0.2) is 33.7 Å². The zero-order valence-electron chi connectivity index (χ0n) is 11.2. The number of benzene rings is 1. The van der Waals surface area contributed by atoms with E-state index in [0.717, 1.165) is 15.7 Å². The van der Waals surface area contributed by atoms with Crippen LogP contribution in [0.4, 0.5) is 4.79 Å². The van der Waals surface area contributed by atoms with Gasteiger partial charge in [0.2, 0.25) is 0 Å². The highest BCUT2D eigenvalue weighted by Crippen LogP contribution is 2.13. The minimum Gasteiger partial charge on any atom is -0.442 e. The lowest BCUT2D eigenvalue weighted by Gasteiger charge is -2.17. The van der Waals surface area contributed by atoms with Crippen LogP contribution in [-0.2, 0) is 11.2 Å². The molecular weight excluding hydrogens is 294 g/mol. The number of hydrogen-bond donors (Lipinski definition) is 0. The van der Waals surface area contributed by atoms with E-state index in [4.69, 9.17) is 4.74 Å². The van der Waals surface area contributed by atoms with E-state index >= 15 is 0 Å². The van der Waals surface area contributed by atoms with Crippen LogP contribution in [0.1, 0.15) is 33.3 Å². The van der Waals surface area contributed by atoms with Crippen molar-refractivity contribution < 1.29 is 9.53 Å². The molecule has 1 amide bonds. The molecule has 0 aliphatic heterocycles. The molecule has 0 saturated heterocycles. The summed E-state index contributed by atoms with van der Waals surface area (Å²) in [4.78, 5) is 15.4. The normalized spacial score (nSPS) is 12.4. The lowest BCUT2D eigenvalue weighted by molar-refractivity contribution is 0.0604. The SMILES string of the molecule is C/C(Cc1cccc(Br)c1)=N/C(=O)OC(C)(C)C. The van der Waals surface area contributed by atoms with E-state index < -0.39 is 11.7 Å². The van der Waals surface area contributed by atoms with Crippen molar-refractivity contribution in [1.82, 2.24) is 0 Å². The predicted molar refractivity (Wildman–Crippen MR) is 77.2 cm³/mol. The Morgan fingerprint density at radius 3 is 2.61 bits per heavy atom. The zero-order chi connectivity index (χ0) is 13.8. The fourth-order valence-electron chi connectivity index (χ4n) is 1.42. The Kier molecular flexibility index (Phi) is 5.08. The van der Waals surface area contributed by atoms with Gasteiger partial charge in [0.1, 0.15) is 5.60 Å². The van der Waals surface area contributed by atoms with Crippen LogP contribution in [-0.4, -0.2) is 17.4 Å². The summed E-state index contributed by atoms with van der Waals surface area (Å²) in [5, 5.41) is 0. The molecule has 98 valence electrons. The lowest BCUT2D eigenvalue weighted by Crippen LogP contribution is -2.22. The maximum absolute atomic E-state index is 11.5. The van der Waals surface area contributed by atoms with Crippen LogP contribution in [0.3, 0.4) is 0 Å². The number of rotatable bonds is 2. The molecule has 3 nitrogen and oxygen atoms in total. The Hall–Kier alpha value is -1.16. The van der Waals surface area contributed by atoms with Gasteiger partial charge in [-0.2, -0.15) is 4.99 Å². The Balaban J connectivity index is 2.65. The topological polar surface area (TPSA) is 38.7 Å². The zero-order valence-corrected chi connectivity index (χ0v) is 12.7. The van der Waals surface area contributed by atoms with Crippen molar-refractivity contribution in [3.63, 3.8) is 0 Å². The summed E-state index contributed by atoms with van der Waals surface area (Å²) in [5.41, 5.74) is 1.34. The number of halogens is 1. The molecule has 0 N–H and O–H groups in total. The molecule has 0 radical (unpaired) electrons. The average molecular weight is 312 g/mol. The fourth-order valence-corrected chi connectivity index (χ4v) is 1.87. The number of ether oxygens (including phenoxy) is 1. The quantitative estimate of drug-likeness (QED) is 0.760. The summed E-state index contributed by atoms with van der Waals surface area (Å²) in [6, 6.07) is 7.93. The van der Waals surface area contributed by atoms with Crippen molar-refractivity contribution in [1.29, 1.82) is 0 Å².